The molecule has 1 unspecified atom stereocenters. The van der Waals surface area contributed by atoms with Crippen molar-refractivity contribution in [2.75, 3.05) is 11.1 Å². The van der Waals surface area contributed by atoms with Crippen LogP contribution in [0.2, 0.25) is 5.02 Å². The predicted molar refractivity (Wildman–Crippen MR) is 149 cm³/mol. The fourth-order valence-electron chi connectivity index (χ4n) is 4.26. The molecule has 0 fully saturated rings. The van der Waals surface area contributed by atoms with Crippen LogP contribution in [0.15, 0.2) is 73.3 Å². The summed E-state index contributed by atoms with van der Waals surface area (Å²) in [5.41, 5.74) is 9.84. The molecule has 1 atom stereocenters. The van der Waals surface area contributed by atoms with Gasteiger partial charge in [-0.3, -0.25) is 4.98 Å². The van der Waals surface area contributed by atoms with E-state index in [-0.39, 0.29) is 5.82 Å². The van der Waals surface area contributed by atoms with Gasteiger partial charge >= 0.3 is 0 Å². The van der Waals surface area contributed by atoms with Gasteiger partial charge in [-0.1, -0.05) is 23.7 Å². The number of nitrogens with zero attached hydrogens (tertiary/aromatic N) is 4. The highest BCUT2D eigenvalue weighted by molar-refractivity contribution is 6.34. The maximum atomic E-state index is 15.0. The number of pyridine rings is 2. The molecule has 192 valence electrons. The second kappa shape index (κ2) is 9.96. The van der Waals surface area contributed by atoms with E-state index in [4.69, 9.17) is 17.3 Å². The molecule has 4 N–H and O–H groups in total. The standard InChI is InChI=1S/C29H26ClFN6O/c1-16(21-10-17(4-6-24(21)31)19-8-9-33-26(32)12-19)37-27-22-11-18(5-7-25(22)34-15-23(27)30)20-13-35-28(36-14-20)29(2,3)38/h4-16,38H,1-3H3,(H2,32,33)(H,34,37). The van der Waals surface area contributed by atoms with Gasteiger partial charge in [-0.15, -0.1) is 0 Å². The topological polar surface area (TPSA) is 110 Å². The van der Waals surface area contributed by atoms with Crippen molar-refractivity contribution in [3.8, 4) is 22.3 Å². The van der Waals surface area contributed by atoms with Crippen molar-refractivity contribution in [2.24, 2.45) is 0 Å². The first-order valence-electron chi connectivity index (χ1n) is 12.0. The molecule has 0 bridgehead atoms. The lowest BCUT2D eigenvalue weighted by molar-refractivity contribution is 0.0687. The van der Waals surface area contributed by atoms with Crippen molar-refractivity contribution in [2.45, 2.75) is 32.4 Å². The minimum atomic E-state index is -1.14. The van der Waals surface area contributed by atoms with Crippen LogP contribution < -0.4 is 11.1 Å². The van der Waals surface area contributed by atoms with Crippen LogP contribution in [-0.2, 0) is 5.60 Å². The third-order valence-corrected chi connectivity index (χ3v) is 6.58. The highest BCUT2D eigenvalue weighted by Crippen LogP contribution is 2.36. The first kappa shape index (κ1) is 25.5. The van der Waals surface area contributed by atoms with Crippen LogP contribution >= 0.6 is 11.6 Å². The number of aliphatic hydroxyl groups is 1. The van der Waals surface area contributed by atoms with Crippen molar-refractivity contribution >= 4 is 34.0 Å². The molecule has 0 aliphatic carbocycles. The number of hydrogen-bond acceptors (Lipinski definition) is 7. The van der Waals surface area contributed by atoms with Crippen LogP contribution in [0.1, 0.15) is 38.2 Å². The molecule has 3 aromatic heterocycles. The van der Waals surface area contributed by atoms with E-state index in [0.717, 1.165) is 33.2 Å². The van der Waals surface area contributed by atoms with E-state index in [9.17, 15) is 9.50 Å². The first-order valence-corrected chi connectivity index (χ1v) is 12.4. The molecule has 9 heteroatoms. The van der Waals surface area contributed by atoms with Gasteiger partial charge in [0.25, 0.3) is 0 Å². The molecular weight excluding hydrogens is 503 g/mol. The Labute approximate surface area is 224 Å². The Morgan fingerprint density at radius 1 is 0.895 bits per heavy atom. The van der Waals surface area contributed by atoms with Crippen molar-refractivity contribution in [1.29, 1.82) is 0 Å². The van der Waals surface area contributed by atoms with Crippen LogP contribution in [-0.4, -0.2) is 25.0 Å². The zero-order chi connectivity index (χ0) is 27.0. The molecule has 0 aliphatic rings. The third-order valence-electron chi connectivity index (χ3n) is 6.29. The number of halogens is 2. The van der Waals surface area contributed by atoms with Crippen LogP contribution in [0, 0.1) is 5.82 Å². The lowest BCUT2D eigenvalue weighted by Gasteiger charge is -2.20. The highest BCUT2D eigenvalue weighted by Gasteiger charge is 2.20. The molecular formula is C29H26ClFN6O. The Kier molecular flexibility index (Phi) is 6.69. The molecule has 0 amide bonds. The molecule has 38 heavy (non-hydrogen) atoms. The largest absolute Gasteiger partial charge is 0.384 e. The first-order chi connectivity index (χ1) is 18.1. The van der Waals surface area contributed by atoms with Gasteiger partial charge in [0, 0.05) is 41.3 Å². The number of benzene rings is 2. The van der Waals surface area contributed by atoms with Gasteiger partial charge in [-0.05, 0) is 73.9 Å². The van der Waals surface area contributed by atoms with Crippen molar-refractivity contribution in [3.63, 3.8) is 0 Å². The second-order valence-electron chi connectivity index (χ2n) is 9.64. The SMILES string of the molecule is CC(Nc1c(Cl)cnc2ccc(-c3cnc(C(C)(C)O)nc3)cc12)c1cc(-c2ccnc(N)c2)ccc1F. The number of nitrogen functional groups attached to an aromatic ring is 1. The van der Waals surface area contributed by atoms with Gasteiger partial charge in [0.1, 0.15) is 17.2 Å². The van der Waals surface area contributed by atoms with Crippen LogP contribution in [0.3, 0.4) is 0 Å². The average molecular weight is 529 g/mol. The molecule has 0 spiro atoms. The number of nitrogens with two attached hydrogens (primary N) is 1. The van der Waals surface area contributed by atoms with Gasteiger partial charge < -0.3 is 16.2 Å². The fourth-order valence-corrected chi connectivity index (χ4v) is 4.47. The van der Waals surface area contributed by atoms with E-state index in [1.807, 2.05) is 31.2 Å². The number of nitrogens with one attached hydrogen (secondary N) is 1. The molecule has 5 rings (SSSR count). The average Bonchev–Trinajstić information content (AvgIpc) is 2.90. The second-order valence-corrected chi connectivity index (χ2v) is 10.0. The minimum Gasteiger partial charge on any atom is -0.384 e. The zero-order valence-electron chi connectivity index (χ0n) is 21.1. The summed E-state index contributed by atoms with van der Waals surface area (Å²) in [6.07, 6.45) is 6.54. The summed E-state index contributed by atoms with van der Waals surface area (Å²) >= 11 is 6.60. The van der Waals surface area contributed by atoms with Gasteiger partial charge in [0.2, 0.25) is 0 Å². The molecule has 0 radical (unpaired) electrons. The van der Waals surface area contributed by atoms with Crippen molar-refractivity contribution < 1.29 is 9.50 Å². The minimum absolute atomic E-state index is 0.335. The molecule has 0 saturated carbocycles. The zero-order valence-corrected chi connectivity index (χ0v) is 21.8. The molecule has 0 aliphatic heterocycles. The number of hydrogen-bond donors (Lipinski definition) is 3. The van der Waals surface area contributed by atoms with Gasteiger partial charge in [-0.25, -0.2) is 19.3 Å². The lowest BCUT2D eigenvalue weighted by atomic mass is 9.99. The summed E-state index contributed by atoms with van der Waals surface area (Å²) in [7, 11) is 0. The number of aromatic nitrogens is 4. The van der Waals surface area contributed by atoms with Crippen LogP contribution in [0.4, 0.5) is 15.9 Å². The summed E-state index contributed by atoms with van der Waals surface area (Å²) < 4.78 is 15.0. The summed E-state index contributed by atoms with van der Waals surface area (Å²) in [6, 6.07) is 13.9. The fraction of sp³-hybridized carbons (Fsp3) is 0.172. The van der Waals surface area contributed by atoms with E-state index in [1.165, 1.54) is 6.07 Å². The van der Waals surface area contributed by atoms with Crippen LogP contribution in [0.25, 0.3) is 33.2 Å². The van der Waals surface area contributed by atoms with E-state index in [1.54, 1.807) is 56.8 Å². The summed E-state index contributed by atoms with van der Waals surface area (Å²) in [6.45, 7) is 5.14. The summed E-state index contributed by atoms with van der Waals surface area (Å²) in [4.78, 5) is 17.1. The number of anilines is 2. The number of rotatable bonds is 6. The predicted octanol–water partition coefficient (Wildman–Crippen LogP) is 6.53. The highest BCUT2D eigenvalue weighted by atomic mass is 35.5. The smallest absolute Gasteiger partial charge is 0.159 e. The molecule has 2 aromatic carbocycles. The third kappa shape index (κ3) is 5.14. The van der Waals surface area contributed by atoms with Gasteiger partial charge in [-0.2, -0.15) is 0 Å². The Hall–Kier alpha value is -4.14. The lowest BCUT2D eigenvalue weighted by Crippen LogP contribution is -2.19. The molecule has 0 saturated heterocycles. The summed E-state index contributed by atoms with van der Waals surface area (Å²) in [5.74, 6) is 0.391. The molecule has 3 heterocycles. The monoisotopic (exact) mass is 528 g/mol. The quantitative estimate of drug-likeness (QED) is 0.230. The maximum absolute atomic E-state index is 15.0. The Morgan fingerprint density at radius 3 is 2.29 bits per heavy atom. The molecule has 5 aromatic rings. The van der Waals surface area contributed by atoms with Gasteiger partial charge in [0.05, 0.1) is 22.3 Å². The maximum Gasteiger partial charge on any atom is 0.159 e. The Bertz CT molecular complexity index is 1640. The Balaban J connectivity index is 1.51. The van der Waals surface area contributed by atoms with E-state index >= 15 is 0 Å². The molecule has 7 nitrogen and oxygen atoms in total. The van der Waals surface area contributed by atoms with E-state index in [0.29, 0.717) is 27.9 Å². The number of fused-ring (bicyclic) bond motifs is 1. The van der Waals surface area contributed by atoms with E-state index < -0.39 is 11.6 Å². The summed E-state index contributed by atoms with van der Waals surface area (Å²) in [5, 5.41) is 14.7. The van der Waals surface area contributed by atoms with Crippen molar-refractivity contribution in [3.05, 3.63) is 95.5 Å². The normalized spacial score (nSPS) is 12.5. The van der Waals surface area contributed by atoms with Crippen LogP contribution in [0.5, 0.6) is 0 Å². The van der Waals surface area contributed by atoms with Crippen molar-refractivity contribution in [1.82, 2.24) is 19.9 Å². The van der Waals surface area contributed by atoms with E-state index in [2.05, 4.69) is 25.3 Å². The van der Waals surface area contributed by atoms with Gasteiger partial charge in [0.15, 0.2) is 5.82 Å². The Morgan fingerprint density at radius 2 is 1.58 bits per heavy atom.